The molecule has 0 aliphatic carbocycles. The molecule has 0 radical (unpaired) electrons. The summed E-state index contributed by atoms with van der Waals surface area (Å²) in [6.07, 6.45) is -4.75. The van der Waals surface area contributed by atoms with Crippen LogP contribution in [0.4, 0.5) is 13.2 Å². The zero-order valence-corrected chi connectivity index (χ0v) is 11.4. The highest BCUT2D eigenvalue weighted by atomic mass is 19.4. The molecule has 0 heterocycles. The highest BCUT2D eigenvalue weighted by Gasteiger charge is 2.31. The number of methoxy groups -OCH3 is 1. The van der Waals surface area contributed by atoms with E-state index < -0.39 is 12.3 Å². The number of hydrogen-bond donors (Lipinski definition) is 1. The third-order valence-electron chi connectivity index (χ3n) is 2.51. The Morgan fingerprint density at radius 3 is 2.67 bits per heavy atom. The first kappa shape index (κ1) is 17.3. The van der Waals surface area contributed by atoms with E-state index >= 15 is 0 Å². The van der Waals surface area contributed by atoms with Gasteiger partial charge in [0, 0.05) is 20.2 Å². The Morgan fingerprint density at radius 1 is 1.38 bits per heavy atom. The number of aliphatic carboxylic acids is 1. The summed E-state index contributed by atoms with van der Waals surface area (Å²) in [7, 11) is 1.48. The van der Waals surface area contributed by atoms with Crippen LogP contribution in [0.5, 0.6) is 5.75 Å². The number of carboxylic acid groups (broad SMARTS) is 1. The second-order valence-electron chi connectivity index (χ2n) is 4.29. The highest BCUT2D eigenvalue weighted by Crippen LogP contribution is 2.23. The van der Waals surface area contributed by atoms with Gasteiger partial charge < -0.3 is 14.6 Å². The molecule has 8 heteroatoms. The lowest BCUT2D eigenvalue weighted by Gasteiger charge is -2.20. The van der Waals surface area contributed by atoms with Gasteiger partial charge in [-0.15, -0.1) is 13.2 Å². The van der Waals surface area contributed by atoms with Gasteiger partial charge >= 0.3 is 12.3 Å². The molecule has 1 N–H and O–H groups in total. The van der Waals surface area contributed by atoms with Gasteiger partial charge in [0.15, 0.2) is 0 Å². The van der Waals surface area contributed by atoms with Gasteiger partial charge in [0.1, 0.15) is 5.75 Å². The van der Waals surface area contributed by atoms with Gasteiger partial charge in [-0.2, -0.15) is 0 Å². The van der Waals surface area contributed by atoms with E-state index in [2.05, 4.69) is 4.74 Å². The summed E-state index contributed by atoms with van der Waals surface area (Å²) in [4.78, 5) is 12.3. The van der Waals surface area contributed by atoms with Crippen molar-refractivity contribution in [1.29, 1.82) is 0 Å². The van der Waals surface area contributed by atoms with Crippen LogP contribution in [0.3, 0.4) is 0 Å². The smallest absolute Gasteiger partial charge is 0.480 e. The van der Waals surface area contributed by atoms with Crippen LogP contribution in [0.15, 0.2) is 24.3 Å². The number of nitrogens with zero attached hydrogens (tertiary/aromatic N) is 1. The van der Waals surface area contributed by atoms with Crippen molar-refractivity contribution in [3.8, 4) is 5.75 Å². The van der Waals surface area contributed by atoms with Crippen LogP contribution in [0.25, 0.3) is 0 Å². The molecule has 118 valence electrons. The normalized spacial score (nSPS) is 11.7. The Labute approximate surface area is 119 Å². The van der Waals surface area contributed by atoms with Gasteiger partial charge in [0.05, 0.1) is 13.2 Å². The topological polar surface area (TPSA) is 59.0 Å². The van der Waals surface area contributed by atoms with Crippen molar-refractivity contribution in [3.63, 3.8) is 0 Å². The van der Waals surface area contributed by atoms with E-state index in [1.807, 2.05) is 0 Å². The number of halogens is 3. The molecule has 1 aromatic rings. The Morgan fingerprint density at radius 2 is 2.10 bits per heavy atom. The van der Waals surface area contributed by atoms with E-state index in [-0.39, 0.29) is 18.8 Å². The summed E-state index contributed by atoms with van der Waals surface area (Å²) >= 11 is 0. The molecule has 1 rings (SSSR count). The fourth-order valence-corrected chi connectivity index (χ4v) is 1.72. The number of ether oxygens (including phenoxy) is 2. The standard InChI is InChI=1S/C13H16F3NO4/c1-20-6-5-17(9-12(18)19)8-10-3-2-4-11(7-10)21-13(14,15)16/h2-4,7H,5-6,8-9H2,1H3,(H,18,19). The molecule has 0 atom stereocenters. The molecule has 0 saturated heterocycles. The molecule has 0 fully saturated rings. The minimum Gasteiger partial charge on any atom is -0.480 e. The molecule has 0 amide bonds. The van der Waals surface area contributed by atoms with Crippen LogP contribution >= 0.6 is 0 Å². The quantitative estimate of drug-likeness (QED) is 0.797. The fourth-order valence-electron chi connectivity index (χ4n) is 1.72. The molecule has 0 bridgehead atoms. The maximum atomic E-state index is 12.1. The van der Waals surface area contributed by atoms with Gasteiger partial charge in [-0.3, -0.25) is 9.69 Å². The van der Waals surface area contributed by atoms with Crippen molar-refractivity contribution < 1.29 is 32.5 Å². The molecule has 0 unspecified atom stereocenters. The molecule has 0 saturated carbocycles. The Kier molecular flexibility index (Phi) is 6.44. The molecule has 0 aromatic heterocycles. The summed E-state index contributed by atoms with van der Waals surface area (Å²) in [6.45, 7) is 0.637. The Balaban J connectivity index is 2.73. The van der Waals surface area contributed by atoms with E-state index in [1.54, 1.807) is 11.0 Å². The van der Waals surface area contributed by atoms with Crippen LogP contribution in [0.1, 0.15) is 5.56 Å². The third kappa shape index (κ3) is 7.52. The lowest BCUT2D eigenvalue weighted by atomic mass is 10.2. The molecule has 0 aliphatic rings. The minimum atomic E-state index is -4.75. The van der Waals surface area contributed by atoms with Gasteiger partial charge in [-0.1, -0.05) is 12.1 Å². The summed E-state index contributed by atoms with van der Waals surface area (Å²) in [5, 5.41) is 8.81. The van der Waals surface area contributed by atoms with Crippen LogP contribution in [0, 0.1) is 0 Å². The molecular formula is C13H16F3NO4. The SMILES string of the molecule is COCCN(CC(=O)O)Cc1cccc(OC(F)(F)F)c1. The second kappa shape index (κ2) is 7.84. The Hall–Kier alpha value is -1.80. The van der Waals surface area contributed by atoms with E-state index in [1.165, 1.54) is 25.3 Å². The fraction of sp³-hybridized carbons (Fsp3) is 0.462. The van der Waals surface area contributed by atoms with Crippen molar-refractivity contribution in [2.45, 2.75) is 12.9 Å². The number of hydrogen-bond acceptors (Lipinski definition) is 4. The number of carbonyl (C=O) groups is 1. The number of carboxylic acids is 1. The maximum Gasteiger partial charge on any atom is 0.573 e. The molecule has 21 heavy (non-hydrogen) atoms. The van der Waals surface area contributed by atoms with Crippen LogP contribution in [0.2, 0.25) is 0 Å². The summed E-state index contributed by atoms with van der Waals surface area (Å²) in [5.74, 6) is -1.35. The number of benzene rings is 1. The average molecular weight is 307 g/mol. The predicted molar refractivity (Wildman–Crippen MR) is 67.9 cm³/mol. The molecule has 5 nitrogen and oxygen atoms in total. The zero-order valence-electron chi connectivity index (χ0n) is 11.4. The van der Waals surface area contributed by atoms with Gasteiger partial charge in [-0.05, 0) is 17.7 Å². The van der Waals surface area contributed by atoms with Crippen LogP contribution in [-0.2, 0) is 16.1 Å². The average Bonchev–Trinajstić information content (AvgIpc) is 2.33. The summed E-state index contributed by atoms with van der Waals surface area (Å²) < 4.78 is 45.1. The van der Waals surface area contributed by atoms with Crippen molar-refractivity contribution in [2.24, 2.45) is 0 Å². The molecular weight excluding hydrogens is 291 g/mol. The Bertz CT molecular complexity index is 465. The number of rotatable bonds is 8. The van der Waals surface area contributed by atoms with E-state index in [0.717, 1.165) is 0 Å². The summed E-state index contributed by atoms with van der Waals surface area (Å²) in [5.41, 5.74) is 0.522. The number of alkyl halides is 3. The largest absolute Gasteiger partial charge is 0.573 e. The van der Waals surface area contributed by atoms with E-state index in [0.29, 0.717) is 18.7 Å². The van der Waals surface area contributed by atoms with Crippen molar-refractivity contribution >= 4 is 5.97 Å². The first-order valence-electron chi connectivity index (χ1n) is 6.08. The lowest BCUT2D eigenvalue weighted by Crippen LogP contribution is -2.32. The van der Waals surface area contributed by atoms with Crippen molar-refractivity contribution in [2.75, 3.05) is 26.8 Å². The lowest BCUT2D eigenvalue weighted by molar-refractivity contribution is -0.274. The first-order valence-corrected chi connectivity index (χ1v) is 6.08. The monoisotopic (exact) mass is 307 g/mol. The predicted octanol–water partition coefficient (Wildman–Crippen LogP) is 2.12. The highest BCUT2D eigenvalue weighted by molar-refractivity contribution is 5.69. The first-order chi connectivity index (χ1) is 9.80. The van der Waals surface area contributed by atoms with Crippen molar-refractivity contribution in [3.05, 3.63) is 29.8 Å². The second-order valence-corrected chi connectivity index (χ2v) is 4.29. The van der Waals surface area contributed by atoms with Crippen molar-refractivity contribution in [1.82, 2.24) is 4.90 Å². The minimum absolute atomic E-state index is 0.185. The van der Waals surface area contributed by atoms with Gasteiger partial charge in [0.25, 0.3) is 0 Å². The molecule has 1 aromatic carbocycles. The zero-order chi connectivity index (χ0) is 15.9. The maximum absolute atomic E-state index is 12.1. The van der Waals surface area contributed by atoms with Gasteiger partial charge in [-0.25, -0.2) is 0 Å². The van der Waals surface area contributed by atoms with Crippen LogP contribution < -0.4 is 4.74 Å². The molecule has 0 spiro atoms. The van der Waals surface area contributed by atoms with E-state index in [9.17, 15) is 18.0 Å². The van der Waals surface area contributed by atoms with Crippen LogP contribution in [-0.4, -0.2) is 49.1 Å². The van der Waals surface area contributed by atoms with E-state index in [4.69, 9.17) is 9.84 Å². The third-order valence-corrected chi connectivity index (χ3v) is 2.51. The summed E-state index contributed by atoms with van der Waals surface area (Å²) in [6, 6.07) is 5.44. The van der Waals surface area contributed by atoms with Gasteiger partial charge in [0.2, 0.25) is 0 Å². The molecule has 0 aliphatic heterocycles.